The molecule has 3 rings (SSSR count). The standard InChI is InChI=1S/C18H15Cl2NO4/c1-25-16-6-10(2-4-13(16)18(23)24)11-7-17(22)21(9-11)12-3-5-14(19)15(20)8-12/h2-6,8,11H,7,9H2,1H3,(H,23,24). The van der Waals surface area contributed by atoms with E-state index in [2.05, 4.69) is 0 Å². The Morgan fingerprint density at radius 1 is 1.20 bits per heavy atom. The number of carboxylic acid groups (broad SMARTS) is 1. The average molecular weight is 380 g/mol. The van der Waals surface area contributed by atoms with Gasteiger partial charge in [-0.05, 0) is 35.9 Å². The third-order valence-corrected chi connectivity index (χ3v) is 5.01. The SMILES string of the molecule is COc1cc(C2CC(=O)N(c3ccc(Cl)c(Cl)c3)C2)ccc1C(=O)O. The Balaban J connectivity index is 1.87. The summed E-state index contributed by atoms with van der Waals surface area (Å²) in [5, 5.41) is 9.99. The van der Waals surface area contributed by atoms with Crippen LogP contribution in [-0.2, 0) is 4.79 Å². The minimum Gasteiger partial charge on any atom is -0.496 e. The lowest BCUT2D eigenvalue weighted by Crippen LogP contribution is -2.24. The number of aromatic carboxylic acids is 1. The third-order valence-electron chi connectivity index (χ3n) is 4.27. The molecule has 0 bridgehead atoms. The van der Waals surface area contributed by atoms with Gasteiger partial charge in [-0.3, -0.25) is 4.79 Å². The lowest BCUT2D eigenvalue weighted by atomic mass is 9.96. The van der Waals surface area contributed by atoms with E-state index in [1.165, 1.54) is 13.2 Å². The molecule has 0 spiro atoms. The lowest BCUT2D eigenvalue weighted by molar-refractivity contribution is -0.117. The minimum atomic E-state index is -1.05. The first-order valence-corrected chi connectivity index (χ1v) is 8.33. The second-order valence-electron chi connectivity index (χ2n) is 5.77. The number of hydrogen-bond acceptors (Lipinski definition) is 3. The van der Waals surface area contributed by atoms with E-state index in [1.807, 2.05) is 0 Å². The normalized spacial score (nSPS) is 17.0. The average Bonchev–Trinajstić information content (AvgIpc) is 2.98. The number of nitrogens with zero attached hydrogens (tertiary/aromatic N) is 1. The van der Waals surface area contributed by atoms with Crippen LogP contribution in [0.2, 0.25) is 10.0 Å². The molecular weight excluding hydrogens is 365 g/mol. The molecule has 7 heteroatoms. The summed E-state index contributed by atoms with van der Waals surface area (Å²) in [4.78, 5) is 25.3. The van der Waals surface area contributed by atoms with E-state index in [-0.39, 0.29) is 23.1 Å². The van der Waals surface area contributed by atoms with Crippen molar-refractivity contribution < 1.29 is 19.4 Å². The molecule has 1 saturated heterocycles. The number of anilines is 1. The highest BCUT2D eigenvalue weighted by Gasteiger charge is 2.32. The molecule has 25 heavy (non-hydrogen) atoms. The Bertz CT molecular complexity index is 853. The number of amides is 1. The number of hydrogen-bond donors (Lipinski definition) is 1. The van der Waals surface area contributed by atoms with Gasteiger partial charge >= 0.3 is 5.97 Å². The maximum absolute atomic E-state index is 12.4. The van der Waals surface area contributed by atoms with Crippen LogP contribution in [0.4, 0.5) is 5.69 Å². The predicted molar refractivity (Wildman–Crippen MR) is 96.1 cm³/mol. The summed E-state index contributed by atoms with van der Waals surface area (Å²) in [6, 6.07) is 9.98. The number of ether oxygens (including phenoxy) is 1. The quantitative estimate of drug-likeness (QED) is 0.863. The van der Waals surface area contributed by atoms with Gasteiger partial charge in [-0.2, -0.15) is 0 Å². The zero-order chi connectivity index (χ0) is 18.1. The lowest BCUT2D eigenvalue weighted by Gasteiger charge is -2.18. The van der Waals surface area contributed by atoms with Crippen molar-refractivity contribution in [3.63, 3.8) is 0 Å². The molecule has 2 aromatic carbocycles. The molecule has 1 aliphatic heterocycles. The summed E-state index contributed by atoms with van der Waals surface area (Å²) in [6.45, 7) is 0.479. The fraction of sp³-hybridized carbons (Fsp3) is 0.222. The molecule has 2 aromatic rings. The van der Waals surface area contributed by atoms with E-state index >= 15 is 0 Å². The van der Waals surface area contributed by atoms with Gasteiger partial charge in [0, 0.05) is 24.6 Å². The highest BCUT2D eigenvalue weighted by atomic mass is 35.5. The fourth-order valence-corrected chi connectivity index (χ4v) is 3.26. The molecule has 0 aromatic heterocycles. The van der Waals surface area contributed by atoms with Crippen molar-refractivity contribution in [1.82, 2.24) is 0 Å². The maximum Gasteiger partial charge on any atom is 0.339 e. The summed E-state index contributed by atoms with van der Waals surface area (Å²) in [5.41, 5.74) is 1.64. The van der Waals surface area contributed by atoms with E-state index in [1.54, 1.807) is 35.2 Å². The molecule has 0 radical (unpaired) electrons. The van der Waals surface area contributed by atoms with Crippen molar-refractivity contribution in [1.29, 1.82) is 0 Å². The first-order valence-electron chi connectivity index (χ1n) is 7.57. The number of rotatable bonds is 4. The highest BCUT2D eigenvalue weighted by Crippen LogP contribution is 2.36. The summed E-state index contributed by atoms with van der Waals surface area (Å²) >= 11 is 12.0. The molecule has 1 atom stereocenters. The molecule has 5 nitrogen and oxygen atoms in total. The number of carbonyl (C=O) groups is 2. The Hall–Kier alpha value is -2.24. The van der Waals surface area contributed by atoms with E-state index in [0.29, 0.717) is 28.7 Å². The van der Waals surface area contributed by atoms with Crippen molar-refractivity contribution in [2.45, 2.75) is 12.3 Å². The number of carboxylic acids is 1. The molecule has 1 fully saturated rings. The Labute approximate surface area is 154 Å². The van der Waals surface area contributed by atoms with Gasteiger partial charge < -0.3 is 14.7 Å². The van der Waals surface area contributed by atoms with Crippen molar-refractivity contribution >= 4 is 40.8 Å². The summed E-state index contributed by atoms with van der Waals surface area (Å²) in [7, 11) is 1.42. The minimum absolute atomic E-state index is 0.0235. The third kappa shape index (κ3) is 3.43. The largest absolute Gasteiger partial charge is 0.496 e. The summed E-state index contributed by atoms with van der Waals surface area (Å²) in [5.74, 6) is -0.850. The molecule has 1 amide bonds. The maximum atomic E-state index is 12.4. The summed E-state index contributed by atoms with van der Waals surface area (Å²) in [6.07, 6.45) is 0.329. The molecule has 1 heterocycles. The number of halogens is 2. The number of carbonyl (C=O) groups excluding carboxylic acids is 1. The fourth-order valence-electron chi connectivity index (χ4n) is 2.97. The van der Waals surface area contributed by atoms with E-state index in [4.69, 9.17) is 33.0 Å². The molecule has 0 aliphatic carbocycles. The smallest absolute Gasteiger partial charge is 0.339 e. The van der Waals surface area contributed by atoms with Crippen LogP contribution < -0.4 is 9.64 Å². The van der Waals surface area contributed by atoms with Crippen LogP contribution in [0.3, 0.4) is 0 Å². The van der Waals surface area contributed by atoms with Crippen molar-refractivity contribution in [3.8, 4) is 5.75 Å². The zero-order valence-electron chi connectivity index (χ0n) is 13.3. The number of methoxy groups -OCH3 is 1. The molecule has 1 aliphatic rings. The van der Waals surface area contributed by atoms with Crippen LogP contribution in [0.25, 0.3) is 0 Å². The second kappa shape index (κ2) is 6.94. The molecule has 1 unspecified atom stereocenters. The van der Waals surface area contributed by atoms with E-state index in [0.717, 1.165) is 5.56 Å². The van der Waals surface area contributed by atoms with Gasteiger partial charge in [0.25, 0.3) is 0 Å². The highest BCUT2D eigenvalue weighted by molar-refractivity contribution is 6.42. The van der Waals surface area contributed by atoms with Crippen LogP contribution in [-0.4, -0.2) is 30.6 Å². The topological polar surface area (TPSA) is 66.8 Å². The van der Waals surface area contributed by atoms with Gasteiger partial charge in [0.15, 0.2) is 0 Å². The van der Waals surface area contributed by atoms with Gasteiger partial charge in [-0.25, -0.2) is 4.79 Å². The van der Waals surface area contributed by atoms with E-state index in [9.17, 15) is 9.59 Å². The van der Waals surface area contributed by atoms with Crippen LogP contribution in [0.1, 0.15) is 28.3 Å². The first kappa shape index (κ1) is 17.6. The first-order chi connectivity index (χ1) is 11.9. The Morgan fingerprint density at radius 2 is 1.96 bits per heavy atom. The van der Waals surface area contributed by atoms with Gasteiger partial charge in [0.1, 0.15) is 11.3 Å². The second-order valence-corrected chi connectivity index (χ2v) is 6.58. The van der Waals surface area contributed by atoms with Crippen molar-refractivity contribution in [2.75, 3.05) is 18.6 Å². The monoisotopic (exact) mass is 379 g/mol. The van der Waals surface area contributed by atoms with E-state index < -0.39 is 5.97 Å². The van der Waals surface area contributed by atoms with Gasteiger partial charge in [-0.15, -0.1) is 0 Å². The predicted octanol–water partition coefficient (Wildman–Crippen LogP) is 4.22. The van der Waals surface area contributed by atoms with Gasteiger partial charge in [0.05, 0.1) is 17.2 Å². The number of benzene rings is 2. The van der Waals surface area contributed by atoms with Crippen LogP contribution >= 0.6 is 23.2 Å². The van der Waals surface area contributed by atoms with Crippen LogP contribution in [0, 0.1) is 0 Å². The van der Waals surface area contributed by atoms with Crippen molar-refractivity contribution in [3.05, 3.63) is 57.6 Å². The van der Waals surface area contributed by atoms with Crippen LogP contribution in [0.15, 0.2) is 36.4 Å². The Morgan fingerprint density at radius 3 is 2.60 bits per heavy atom. The Kier molecular flexibility index (Phi) is 4.88. The molecule has 1 N–H and O–H groups in total. The molecular formula is C18H15Cl2NO4. The van der Waals surface area contributed by atoms with Gasteiger partial charge in [0.2, 0.25) is 5.91 Å². The zero-order valence-corrected chi connectivity index (χ0v) is 14.8. The van der Waals surface area contributed by atoms with Crippen LogP contribution in [0.5, 0.6) is 5.75 Å². The molecule has 130 valence electrons. The van der Waals surface area contributed by atoms with Crippen molar-refractivity contribution in [2.24, 2.45) is 0 Å². The molecule has 0 saturated carbocycles. The summed E-state index contributed by atoms with van der Waals surface area (Å²) < 4.78 is 5.16. The van der Waals surface area contributed by atoms with Gasteiger partial charge in [-0.1, -0.05) is 29.3 Å².